The fourth-order valence-corrected chi connectivity index (χ4v) is 0.893. The number of primary amides is 1. The van der Waals surface area contributed by atoms with Crippen LogP contribution in [-0.4, -0.2) is 58.6 Å². The minimum absolute atomic E-state index is 0.234. The van der Waals surface area contributed by atoms with Gasteiger partial charge in [0.25, 0.3) is 0 Å². The number of carbonyl (C=O) groups excluding carboxylic acids is 2. The second-order valence-electron chi connectivity index (χ2n) is 3.02. The largest absolute Gasteiger partial charge is 0.377 e. The molecule has 100 valence electrons. The number of nitrogens with one attached hydrogen (secondary N) is 3. The van der Waals surface area contributed by atoms with Gasteiger partial charge in [-0.2, -0.15) is 0 Å². The molecule has 0 atom stereocenters. The van der Waals surface area contributed by atoms with Crippen molar-refractivity contribution in [3.8, 4) is 0 Å². The molecule has 0 saturated heterocycles. The maximum Gasteiger partial charge on any atom is 0.314 e. The lowest BCUT2D eigenvalue weighted by Gasteiger charge is -2.07. The summed E-state index contributed by atoms with van der Waals surface area (Å²) in [6, 6.07) is -0.799. The minimum Gasteiger partial charge on any atom is -0.377 e. The van der Waals surface area contributed by atoms with Gasteiger partial charge in [-0.25, -0.2) is 9.59 Å². The summed E-state index contributed by atoms with van der Waals surface area (Å²) in [6.07, 6.45) is 0. The highest BCUT2D eigenvalue weighted by Gasteiger charge is 1.95. The summed E-state index contributed by atoms with van der Waals surface area (Å²) in [4.78, 5) is 21.0. The third-order valence-electron chi connectivity index (χ3n) is 1.68. The zero-order valence-electron chi connectivity index (χ0n) is 9.95. The summed E-state index contributed by atoms with van der Waals surface area (Å²) in [6.45, 7) is 2.52. The van der Waals surface area contributed by atoms with Crippen LogP contribution in [0.2, 0.25) is 0 Å². The highest BCUT2D eigenvalue weighted by molar-refractivity contribution is 5.73. The summed E-state index contributed by atoms with van der Waals surface area (Å²) in [5.74, 6) is 0. The highest BCUT2D eigenvalue weighted by Crippen LogP contribution is 1.78. The fourth-order valence-electron chi connectivity index (χ4n) is 0.893. The van der Waals surface area contributed by atoms with Crippen LogP contribution in [0.15, 0.2) is 0 Å². The van der Waals surface area contributed by atoms with E-state index in [1.165, 1.54) is 0 Å². The van der Waals surface area contributed by atoms with Gasteiger partial charge < -0.3 is 31.2 Å². The molecule has 0 spiro atoms. The predicted molar refractivity (Wildman–Crippen MR) is 61.7 cm³/mol. The maximum atomic E-state index is 10.7. The van der Waals surface area contributed by atoms with Crippen LogP contribution in [-0.2, 0) is 9.47 Å². The molecule has 17 heavy (non-hydrogen) atoms. The van der Waals surface area contributed by atoms with Gasteiger partial charge in [0.1, 0.15) is 0 Å². The Morgan fingerprint density at radius 1 is 1.00 bits per heavy atom. The van der Waals surface area contributed by atoms with Crippen molar-refractivity contribution in [2.45, 2.75) is 0 Å². The van der Waals surface area contributed by atoms with Crippen LogP contribution >= 0.6 is 0 Å². The van der Waals surface area contributed by atoms with Gasteiger partial charge >= 0.3 is 12.1 Å². The lowest BCUT2D eigenvalue weighted by atomic mass is 10.6. The second kappa shape index (κ2) is 11.0. The van der Waals surface area contributed by atoms with E-state index in [-0.39, 0.29) is 6.03 Å². The van der Waals surface area contributed by atoms with Gasteiger partial charge in [0.2, 0.25) is 0 Å². The van der Waals surface area contributed by atoms with E-state index in [4.69, 9.17) is 15.2 Å². The van der Waals surface area contributed by atoms with E-state index in [1.807, 2.05) is 0 Å². The number of hydrogen-bond donors (Lipinski definition) is 4. The molecule has 0 unspecified atom stereocenters. The van der Waals surface area contributed by atoms with Crippen molar-refractivity contribution in [2.24, 2.45) is 5.73 Å². The van der Waals surface area contributed by atoms with Crippen molar-refractivity contribution < 1.29 is 19.1 Å². The maximum absolute atomic E-state index is 10.7. The monoisotopic (exact) mass is 248 g/mol. The first kappa shape index (κ1) is 15.5. The summed E-state index contributed by atoms with van der Waals surface area (Å²) in [5.41, 5.74) is 4.85. The second-order valence-corrected chi connectivity index (χ2v) is 3.02. The Labute approximate surface area is 100 Å². The van der Waals surface area contributed by atoms with E-state index < -0.39 is 6.03 Å². The normalized spacial score (nSPS) is 9.71. The van der Waals surface area contributed by atoms with Crippen LogP contribution in [0.1, 0.15) is 0 Å². The molecule has 0 aliphatic carbocycles. The van der Waals surface area contributed by atoms with Gasteiger partial charge in [-0.05, 0) is 0 Å². The molecule has 8 nitrogen and oxygen atoms in total. The number of ether oxygens (including phenoxy) is 2. The molecule has 0 aromatic carbocycles. The quantitative estimate of drug-likeness (QED) is 0.376. The topological polar surface area (TPSA) is 115 Å². The number of carbonyl (C=O) groups is 2. The molecule has 0 aliphatic heterocycles. The number of nitrogens with two attached hydrogens (primary N) is 1. The molecule has 0 saturated carbocycles. The van der Waals surface area contributed by atoms with Crippen LogP contribution in [0.25, 0.3) is 0 Å². The average molecular weight is 248 g/mol. The van der Waals surface area contributed by atoms with Gasteiger partial charge in [0.05, 0.1) is 26.4 Å². The number of rotatable bonds is 9. The van der Waals surface area contributed by atoms with E-state index in [9.17, 15) is 9.59 Å². The Bertz CT molecular complexity index is 225. The van der Waals surface area contributed by atoms with Crippen molar-refractivity contribution in [3.63, 3.8) is 0 Å². The van der Waals surface area contributed by atoms with Crippen molar-refractivity contribution in [1.29, 1.82) is 0 Å². The average Bonchev–Trinajstić information content (AvgIpc) is 2.30. The van der Waals surface area contributed by atoms with Crippen LogP contribution in [0, 0.1) is 0 Å². The molecule has 0 fully saturated rings. The van der Waals surface area contributed by atoms with Crippen LogP contribution in [0.4, 0.5) is 9.59 Å². The summed E-state index contributed by atoms with van der Waals surface area (Å²) in [7, 11) is 1.55. The van der Waals surface area contributed by atoms with Crippen molar-refractivity contribution >= 4 is 12.1 Å². The molecule has 0 heterocycles. The van der Waals surface area contributed by atoms with E-state index in [2.05, 4.69) is 16.0 Å². The Morgan fingerprint density at radius 2 is 1.53 bits per heavy atom. The van der Waals surface area contributed by atoms with Gasteiger partial charge in [-0.15, -0.1) is 0 Å². The van der Waals surface area contributed by atoms with Crippen LogP contribution in [0.5, 0.6) is 0 Å². The summed E-state index contributed by atoms with van der Waals surface area (Å²) in [5, 5.41) is 7.40. The molecule has 5 N–H and O–H groups in total. The first-order valence-corrected chi connectivity index (χ1v) is 5.31. The smallest absolute Gasteiger partial charge is 0.314 e. The Balaban J connectivity index is 3.03. The van der Waals surface area contributed by atoms with E-state index in [1.54, 1.807) is 7.05 Å². The first-order valence-electron chi connectivity index (χ1n) is 5.31. The van der Waals surface area contributed by atoms with Gasteiger partial charge in [0.15, 0.2) is 0 Å². The molecule has 4 amide bonds. The molecular weight excluding hydrogens is 228 g/mol. The fraction of sp³-hybridized carbons (Fsp3) is 0.778. The van der Waals surface area contributed by atoms with E-state index in [0.29, 0.717) is 39.5 Å². The van der Waals surface area contributed by atoms with Crippen molar-refractivity contribution in [3.05, 3.63) is 0 Å². The third-order valence-corrected chi connectivity index (χ3v) is 1.68. The summed E-state index contributed by atoms with van der Waals surface area (Å²) < 4.78 is 10.3. The molecule has 0 radical (unpaired) electrons. The molecule has 0 aliphatic rings. The van der Waals surface area contributed by atoms with Crippen molar-refractivity contribution in [1.82, 2.24) is 16.0 Å². The van der Waals surface area contributed by atoms with Gasteiger partial charge in [0, 0.05) is 20.1 Å². The lowest BCUT2D eigenvalue weighted by molar-refractivity contribution is 0.0511. The SMILES string of the molecule is CNC(=O)NCCOCCOCCNC(N)=O. The molecule has 0 rings (SSSR count). The van der Waals surface area contributed by atoms with Gasteiger partial charge in [-0.3, -0.25) is 0 Å². The van der Waals surface area contributed by atoms with Crippen LogP contribution < -0.4 is 21.7 Å². The standard InChI is InChI=1S/C9H20N4O4/c1-11-9(15)13-3-5-17-7-6-16-4-2-12-8(10)14/h2-7H2,1H3,(H3,10,12,14)(H2,11,13,15). The Morgan fingerprint density at radius 3 is 2.00 bits per heavy atom. The third kappa shape index (κ3) is 12.4. The Hall–Kier alpha value is -1.54. The molecular formula is C9H20N4O4. The number of hydrogen-bond acceptors (Lipinski definition) is 4. The molecule has 0 bridgehead atoms. The van der Waals surface area contributed by atoms with E-state index in [0.717, 1.165) is 0 Å². The zero-order chi connectivity index (χ0) is 12.9. The van der Waals surface area contributed by atoms with Crippen molar-refractivity contribution in [2.75, 3.05) is 46.6 Å². The van der Waals surface area contributed by atoms with E-state index >= 15 is 0 Å². The number of urea groups is 2. The summed E-state index contributed by atoms with van der Waals surface area (Å²) >= 11 is 0. The minimum atomic E-state index is -0.565. The van der Waals surface area contributed by atoms with Gasteiger partial charge in [-0.1, -0.05) is 0 Å². The van der Waals surface area contributed by atoms with Crippen LogP contribution in [0.3, 0.4) is 0 Å². The predicted octanol–water partition coefficient (Wildman–Crippen LogP) is -1.38. The molecule has 0 aromatic heterocycles. The Kier molecular flexibility index (Phi) is 9.97. The molecule has 0 aromatic rings. The lowest BCUT2D eigenvalue weighted by Crippen LogP contribution is -2.35. The molecule has 8 heteroatoms. The number of amides is 4. The zero-order valence-corrected chi connectivity index (χ0v) is 9.95. The first-order chi connectivity index (χ1) is 8.16. The highest BCUT2D eigenvalue weighted by atomic mass is 16.5.